The molecule has 1 rings (SSSR count). The van der Waals surface area contributed by atoms with E-state index < -0.39 is 0 Å². The van der Waals surface area contributed by atoms with Crippen LogP contribution >= 0.6 is 0 Å². The molecule has 24 heavy (non-hydrogen) atoms. The fourth-order valence-corrected chi connectivity index (χ4v) is 2.95. The van der Waals surface area contributed by atoms with Gasteiger partial charge in [-0.05, 0) is 64.4 Å². The molecule has 0 aromatic carbocycles. The van der Waals surface area contributed by atoms with E-state index in [1.807, 2.05) is 6.92 Å². The van der Waals surface area contributed by atoms with Gasteiger partial charge in [-0.25, -0.2) is 0 Å². The molecule has 1 aliphatic rings. The average Bonchev–Trinajstić information content (AvgIpc) is 2.54. The van der Waals surface area contributed by atoms with Crippen LogP contribution in [0.3, 0.4) is 0 Å². The smallest absolute Gasteiger partial charge is 0.306 e. The van der Waals surface area contributed by atoms with Crippen LogP contribution in [0.4, 0.5) is 0 Å². The molecule has 0 aromatic rings. The number of esters is 2. The maximum absolute atomic E-state index is 11.8. The Kier molecular flexibility index (Phi) is 10.4. The van der Waals surface area contributed by atoms with Gasteiger partial charge in [0.1, 0.15) is 6.61 Å². The van der Waals surface area contributed by atoms with Gasteiger partial charge in [-0.3, -0.25) is 9.59 Å². The highest BCUT2D eigenvalue weighted by Crippen LogP contribution is 2.24. The molecule has 0 radical (unpaired) electrons. The SMILES string of the molecule is CCCCCC(C)OC(=O)CCCC(=O)OCC1=C(C)CCCC1. The zero-order valence-electron chi connectivity index (χ0n) is 15.7. The van der Waals surface area contributed by atoms with Crippen molar-refractivity contribution in [2.45, 2.75) is 97.5 Å². The second-order valence-corrected chi connectivity index (χ2v) is 6.90. The fraction of sp³-hybridized carbons (Fsp3) is 0.800. The van der Waals surface area contributed by atoms with Crippen molar-refractivity contribution in [2.24, 2.45) is 0 Å². The zero-order chi connectivity index (χ0) is 17.8. The summed E-state index contributed by atoms with van der Waals surface area (Å²) in [7, 11) is 0. The Balaban J connectivity index is 2.10. The summed E-state index contributed by atoms with van der Waals surface area (Å²) in [4.78, 5) is 23.5. The van der Waals surface area contributed by atoms with E-state index in [1.54, 1.807) is 0 Å². The van der Waals surface area contributed by atoms with Crippen molar-refractivity contribution in [1.29, 1.82) is 0 Å². The molecule has 4 nitrogen and oxygen atoms in total. The van der Waals surface area contributed by atoms with E-state index in [0.717, 1.165) is 25.7 Å². The summed E-state index contributed by atoms with van der Waals surface area (Å²) in [6.07, 6.45) is 9.96. The monoisotopic (exact) mass is 338 g/mol. The third-order valence-corrected chi connectivity index (χ3v) is 4.60. The number of ether oxygens (including phenoxy) is 2. The van der Waals surface area contributed by atoms with Crippen molar-refractivity contribution in [2.75, 3.05) is 6.61 Å². The van der Waals surface area contributed by atoms with Crippen LogP contribution in [0.2, 0.25) is 0 Å². The van der Waals surface area contributed by atoms with Gasteiger partial charge in [0.05, 0.1) is 6.10 Å². The predicted molar refractivity (Wildman–Crippen MR) is 95.7 cm³/mol. The molecule has 0 bridgehead atoms. The van der Waals surface area contributed by atoms with Crippen LogP contribution in [-0.2, 0) is 19.1 Å². The molecular formula is C20H34O4. The highest BCUT2D eigenvalue weighted by Gasteiger charge is 2.13. The molecule has 0 saturated heterocycles. The van der Waals surface area contributed by atoms with Crippen molar-refractivity contribution >= 4 is 11.9 Å². The van der Waals surface area contributed by atoms with Crippen molar-refractivity contribution in [1.82, 2.24) is 0 Å². The number of hydrogen-bond acceptors (Lipinski definition) is 4. The van der Waals surface area contributed by atoms with E-state index in [-0.39, 0.29) is 30.9 Å². The first-order valence-corrected chi connectivity index (χ1v) is 9.55. The highest BCUT2D eigenvalue weighted by atomic mass is 16.5. The first-order valence-electron chi connectivity index (χ1n) is 9.55. The molecule has 1 aliphatic carbocycles. The van der Waals surface area contributed by atoms with E-state index >= 15 is 0 Å². The van der Waals surface area contributed by atoms with Crippen molar-refractivity contribution in [3.05, 3.63) is 11.1 Å². The Morgan fingerprint density at radius 3 is 2.46 bits per heavy atom. The lowest BCUT2D eigenvalue weighted by Gasteiger charge is -2.17. The molecule has 4 heteroatoms. The molecule has 0 fully saturated rings. The molecular weight excluding hydrogens is 304 g/mol. The molecule has 1 atom stereocenters. The van der Waals surface area contributed by atoms with Crippen LogP contribution in [-0.4, -0.2) is 24.6 Å². The van der Waals surface area contributed by atoms with Crippen molar-refractivity contribution in [3.8, 4) is 0 Å². The molecule has 0 amide bonds. The van der Waals surface area contributed by atoms with Crippen LogP contribution in [0.25, 0.3) is 0 Å². The molecule has 1 unspecified atom stereocenters. The van der Waals surface area contributed by atoms with Crippen LogP contribution < -0.4 is 0 Å². The Labute approximate surface area is 147 Å². The summed E-state index contributed by atoms with van der Waals surface area (Å²) in [5.74, 6) is -0.428. The highest BCUT2D eigenvalue weighted by molar-refractivity contribution is 5.72. The largest absolute Gasteiger partial charge is 0.463 e. The van der Waals surface area contributed by atoms with Crippen LogP contribution in [0.5, 0.6) is 0 Å². The third-order valence-electron chi connectivity index (χ3n) is 4.60. The van der Waals surface area contributed by atoms with Crippen LogP contribution in [0, 0.1) is 0 Å². The number of allylic oxidation sites excluding steroid dienone is 1. The molecule has 0 aromatic heterocycles. The van der Waals surface area contributed by atoms with Gasteiger partial charge in [0, 0.05) is 12.8 Å². The first kappa shape index (κ1) is 20.7. The third kappa shape index (κ3) is 9.09. The van der Waals surface area contributed by atoms with E-state index in [9.17, 15) is 9.59 Å². The summed E-state index contributed by atoms with van der Waals surface area (Å²) in [6.45, 7) is 6.63. The first-order chi connectivity index (χ1) is 11.5. The Morgan fingerprint density at radius 2 is 1.75 bits per heavy atom. The Morgan fingerprint density at radius 1 is 1.04 bits per heavy atom. The second kappa shape index (κ2) is 12.1. The van der Waals surface area contributed by atoms with Gasteiger partial charge in [-0.2, -0.15) is 0 Å². The lowest BCUT2D eigenvalue weighted by molar-refractivity contribution is -0.149. The molecule has 138 valence electrons. The summed E-state index contributed by atoms with van der Waals surface area (Å²) in [5, 5.41) is 0. The minimum absolute atomic E-state index is 0.0304. The number of rotatable bonds is 11. The van der Waals surface area contributed by atoms with Gasteiger partial charge in [0.15, 0.2) is 0 Å². The van der Waals surface area contributed by atoms with E-state index in [2.05, 4.69) is 13.8 Å². The Bertz CT molecular complexity index is 425. The van der Waals surface area contributed by atoms with Crippen LogP contribution in [0.1, 0.15) is 91.4 Å². The lowest BCUT2D eigenvalue weighted by Crippen LogP contribution is -2.15. The minimum Gasteiger partial charge on any atom is -0.463 e. The maximum Gasteiger partial charge on any atom is 0.306 e. The molecule has 0 spiro atoms. The lowest BCUT2D eigenvalue weighted by atomic mass is 9.93. The molecule has 0 aliphatic heterocycles. The van der Waals surface area contributed by atoms with E-state index in [4.69, 9.17) is 9.47 Å². The van der Waals surface area contributed by atoms with Crippen molar-refractivity contribution < 1.29 is 19.1 Å². The van der Waals surface area contributed by atoms with Gasteiger partial charge in [-0.1, -0.05) is 25.3 Å². The second-order valence-electron chi connectivity index (χ2n) is 6.90. The van der Waals surface area contributed by atoms with Crippen LogP contribution in [0.15, 0.2) is 11.1 Å². The maximum atomic E-state index is 11.8. The van der Waals surface area contributed by atoms with Gasteiger partial charge in [0.25, 0.3) is 0 Å². The standard InChI is InChI=1S/C20H34O4/c1-4-5-6-11-17(3)24-20(22)14-9-13-19(21)23-15-18-12-8-7-10-16(18)2/h17H,4-15H2,1-3H3. The number of carbonyl (C=O) groups excluding carboxylic acids is 2. The van der Waals surface area contributed by atoms with Gasteiger partial charge in [-0.15, -0.1) is 0 Å². The topological polar surface area (TPSA) is 52.6 Å². The quantitative estimate of drug-likeness (QED) is 0.299. The van der Waals surface area contributed by atoms with Gasteiger partial charge in [0.2, 0.25) is 0 Å². The molecule has 0 saturated carbocycles. The van der Waals surface area contributed by atoms with E-state index in [0.29, 0.717) is 13.0 Å². The molecule has 0 heterocycles. The molecule has 0 N–H and O–H groups in total. The number of hydrogen-bond donors (Lipinski definition) is 0. The van der Waals surface area contributed by atoms with Gasteiger partial charge < -0.3 is 9.47 Å². The van der Waals surface area contributed by atoms with Crippen molar-refractivity contribution in [3.63, 3.8) is 0 Å². The number of unbranched alkanes of at least 4 members (excludes halogenated alkanes) is 2. The fourth-order valence-electron chi connectivity index (χ4n) is 2.95. The zero-order valence-corrected chi connectivity index (χ0v) is 15.7. The number of carbonyl (C=O) groups is 2. The summed E-state index contributed by atoms with van der Waals surface area (Å²) >= 11 is 0. The average molecular weight is 338 g/mol. The van der Waals surface area contributed by atoms with E-state index in [1.165, 1.54) is 36.8 Å². The summed E-state index contributed by atoms with van der Waals surface area (Å²) < 4.78 is 10.7. The Hall–Kier alpha value is -1.32. The summed E-state index contributed by atoms with van der Waals surface area (Å²) in [6, 6.07) is 0. The summed E-state index contributed by atoms with van der Waals surface area (Å²) in [5.41, 5.74) is 2.64. The van der Waals surface area contributed by atoms with Gasteiger partial charge >= 0.3 is 11.9 Å². The minimum atomic E-state index is -0.218. The normalized spacial score (nSPS) is 16.0. The predicted octanol–water partition coefficient (Wildman–Crippen LogP) is 5.10.